The van der Waals surface area contributed by atoms with Gasteiger partial charge >= 0.3 is 12.4 Å². The molecule has 0 spiro atoms. The second kappa shape index (κ2) is 5.29. The highest BCUT2D eigenvalue weighted by Crippen LogP contribution is 2.53. The standard InChI is InChI=1S/C11H10F6N2O/c1-2-9(10(12,13)14,11(15,16)17)8(20)19-7-4-3-5-18-6-7/h3-6H,2H2,1H3,(H,19,20). The minimum absolute atomic E-state index is 0.246. The zero-order valence-electron chi connectivity index (χ0n) is 10.1. The number of hydrogen-bond acceptors (Lipinski definition) is 2. The Hall–Kier alpha value is -1.80. The average Bonchev–Trinajstić information content (AvgIpc) is 2.27. The molecule has 0 radical (unpaired) electrons. The number of pyridine rings is 1. The zero-order chi connectivity index (χ0) is 15.6. The van der Waals surface area contributed by atoms with E-state index in [1.807, 2.05) is 0 Å². The first kappa shape index (κ1) is 16.3. The van der Waals surface area contributed by atoms with Gasteiger partial charge in [0.25, 0.3) is 0 Å². The second-order valence-electron chi connectivity index (χ2n) is 3.95. The topological polar surface area (TPSA) is 42.0 Å². The van der Waals surface area contributed by atoms with Gasteiger partial charge in [0.15, 0.2) is 0 Å². The van der Waals surface area contributed by atoms with E-state index in [4.69, 9.17) is 0 Å². The molecule has 0 saturated heterocycles. The fourth-order valence-corrected chi connectivity index (χ4v) is 1.65. The van der Waals surface area contributed by atoms with Gasteiger partial charge in [0, 0.05) is 6.20 Å². The lowest BCUT2D eigenvalue weighted by molar-refractivity contribution is -0.324. The van der Waals surface area contributed by atoms with E-state index in [0.717, 1.165) is 12.3 Å². The third-order valence-electron chi connectivity index (χ3n) is 2.81. The van der Waals surface area contributed by atoms with Crippen molar-refractivity contribution in [1.82, 2.24) is 4.98 Å². The quantitative estimate of drug-likeness (QED) is 0.868. The van der Waals surface area contributed by atoms with Gasteiger partial charge in [0.2, 0.25) is 11.3 Å². The molecule has 1 N–H and O–H groups in total. The number of rotatable bonds is 3. The number of aromatic nitrogens is 1. The van der Waals surface area contributed by atoms with Gasteiger partial charge in [-0.15, -0.1) is 0 Å². The van der Waals surface area contributed by atoms with Crippen molar-refractivity contribution < 1.29 is 31.1 Å². The maximum Gasteiger partial charge on any atom is 0.412 e. The van der Waals surface area contributed by atoms with E-state index >= 15 is 0 Å². The smallest absolute Gasteiger partial charge is 0.324 e. The number of carbonyl (C=O) groups excluding carboxylic acids is 1. The predicted molar refractivity (Wildman–Crippen MR) is 57.7 cm³/mol. The fraction of sp³-hybridized carbons (Fsp3) is 0.455. The van der Waals surface area contributed by atoms with Gasteiger partial charge in [-0.25, -0.2) is 0 Å². The highest BCUT2D eigenvalue weighted by atomic mass is 19.4. The van der Waals surface area contributed by atoms with Crippen molar-refractivity contribution in [3.63, 3.8) is 0 Å². The van der Waals surface area contributed by atoms with E-state index < -0.39 is 30.1 Å². The van der Waals surface area contributed by atoms with Crippen LogP contribution in [0.4, 0.5) is 32.0 Å². The van der Waals surface area contributed by atoms with Crippen LogP contribution in [0.15, 0.2) is 24.5 Å². The summed E-state index contributed by atoms with van der Waals surface area (Å²) in [5, 5.41) is 1.61. The van der Waals surface area contributed by atoms with Gasteiger partial charge in [-0.1, -0.05) is 6.92 Å². The van der Waals surface area contributed by atoms with E-state index in [1.165, 1.54) is 12.3 Å². The molecule has 0 fully saturated rings. The van der Waals surface area contributed by atoms with Gasteiger partial charge in [0.1, 0.15) is 0 Å². The van der Waals surface area contributed by atoms with Gasteiger partial charge in [-0.3, -0.25) is 9.78 Å². The highest BCUT2D eigenvalue weighted by Gasteiger charge is 2.74. The lowest BCUT2D eigenvalue weighted by Crippen LogP contribution is -2.57. The second-order valence-corrected chi connectivity index (χ2v) is 3.95. The van der Waals surface area contributed by atoms with Crippen molar-refractivity contribution in [2.75, 3.05) is 5.32 Å². The molecular weight excluding hydrogens is 290 g/mol. The summed E-state index contributed by atoms with van der Waals surface area (Å²) in [5.74, 6) is -2.17. The van der Waals surface area contributed by atoms with Crippen LogP contribution in [-0.2, 0) is 4.79 Å². The summed E-state index contributed by atoms with van der Waals surface area (Å²) in [7, 11) is 0. The summed E-state index contributed by atoms with van der Waals surface area (Å²) in [4.78, 5) is 15.1. The number of carbonyl (C=O) groups is 1. The van der Waals surface area contributed by atoms with E-state index in [1.54, 1.807) is 5.32 Å². The minimum Gasteiger partial charge on any atom is -0.324 e. The zero-order valence-corrected chi connectivity index (χ0v) is 10.1. The maximum absolute atomic E-state index is 12.8. The Balaban J connectivity index is 3.22. The molecule has 0 bridgehead atoms. The van der Waals surface area contributed by atoms with Crippen LogP contribution >= 0.6 is 0 Å². The first-order valence-electron chi connectivity index (χ1n) is 5.41. The monoisotopic (exact) mass is 300 g/mol. The van der Waals surface area contributed by atoms with Crippen molar-refractivity contribution in [2.24, 2.45) is 5.41 Å². The summed E-state index contributed by atoms with van der Waals surface area (Å²) >= 11 is 0. The first-order valence-corrected chi connectivity index (χ1v) is 5.41. The summed E-state index contributed by atoms with van der Waals surface area (Å²) in [6.07, 6.45) is -10.8. The molecule has 3 nitrogen and oxygen atoms in total. The van der Waals surface area contributed by atoms with E-state index in [0.29, 0.717) is 6.92 Å². The minimum atomic E-state index is -5.76. The van der Waals surface area contributed by atoms with Crippen molar-refractivity contribution in [3.05, 3.63) is 24.5 Å². The molecule has 0 aliphatic heterocycles. The molecule has 0 aromatic carbocycles. The van der Waals surface area contributed by atoms with Crippen LogP contribution in [0.5, 0.6) is 0 Å². The number of hydrogen-bond donors (Lipinski definition) is 1. The molecule has 0 aliphatic rings. The molecule has 0 saturated carbocycles. The largest absolute Gasteiger partial charge is 0.412 e. The number of halogens is 6. The first-order chi connectivity index (χ1) is 9.06. The molecule has 1 aromatic heterocycles. The Morgan fingerprint density at radius 2 is 1.75 bits per heavy atom. The molecule has 9 heteroatoms. The number of amides is 1. The third kappa shape index (κ3) is 2.70. The van der Waals surface area contributed by atoms with E-state index in [-0.39, 0.29) is 5.69 Å². The normalized spacial score (nSPS) is 13.2. The molecule has 0 atom stereocenters. The average molecular weight is 300 g/mol. The predicted octanol–water partition coefficient (Wildman–Crippen LogP) is 3.54. The number of nitrogens with zero attached hydrogens (tertiary/aromatic N) is 1. The van der Waals surface area contributed by atoms with Gasteiger partial charge in [-0.05, 0) is 18.6 Å². The van der Waals surface area contributed by atoms with E-state index in [9.17, 15) is 31.1 Å². The Kier molecular flexibility index (Phi) is 4.30. The van der Waals surface area contributed by atoms with Gasteiger partial charge in [0.05, 0.1) is 11.9 Å². The van der Waals surface area contributed by atoms with Crippen LogP contribution in [0.2, 0.25) is 0 Å². The van der Waals surface area contributed by atoms with Crippen LogP contribution in [0.1, 0.15) is 13.3 Å². The summed E-state index contributed by atoms with van der Waals surface area (Å²) in [6.45, 7) is 0.657. The molecule has 112 valence electrons. The summed E-state index contributed by atoms with van der Waals surface area (Å²) in [5.41, 5.74) is -4.70. The molecule has 1 rings (SSSR count). The van der Waals surface area contributed by atoms with Gasteiger partial charge in [-0.2, -0.15) is 26.3 Å². The molecule has 0 aliphatic carbocycles. The molecule has 1 heterocycles. The Morgan fingerprint density at radius 1 is 1.20 bits per heavy atom. The number of anilines is 1. The lowest BCUT2D eigenvalue weighted by Gasteiger charge is -2.34. The van der Waals surface area contributed by atoms with E-state index in [2.05, 4.69) is 4.98 Å². The van der Waals surface area contributed by atoms with Crippen LogP contribution in [0, 0.1) is 5.41 Å². The molecule has 1 aromatic rings. The maximum atomic E-state index is 12.8. The van der Waals surface area contributed by atoms with Crippen molar-refractivity contribution in [3.8, 4) is 0 Å². The van der Waals surface area contributed by atoms with Gasteiger partial charge < -0.3 is 5.32 Å². The van der Waals surface area contributed by atoms with Crippen molar-refractivity contribution in [1.29, 1.82) is 0 Å². The van der Waals surface area contributed by atoms with Crippen LogP contribution in [-0.4, -0.2) is 23.2 Å². The Morgan fingerprint density at radius 3 is 2.10 bits per heavy atom. The molecule has 0 unspecified atom stereocenters. The van der Waals surface area contributed by atoms with Crippen LogP contribution < -0.4 is 5.32 Å². The van der Waals surface area contributed by atoms with Crippen LogP contribution in [0.3, 0.4) is 0 Å². The summed E-state index contributed by atoms with van der Waals surface area (Å²) < 4.78 is 77.0. The lowest BCUT2D eigenvalue weighted by atomic mass is 9.82. The highest BCUT2D eigenvalue weighted by molar-refractivity contribution is 5.96. The number of nitrogens with one attached hydrogen (secondary N) is 1. The fourth-order valence-electron chi connectivity index (χ4n) is 1.65. The Labute approximate surface area is 110 Å². The molecular formula is C11H10F6N2O. The Bertz CT molecular complexity index is 454. The SMILES string of the molecule is CCC(C(=O)Nc1cccnc1)(C(F)(F)F)C(F)(F)F. The van der Waals surface area contributed by atoms with Crippen molar-refractivity contribution in [2.45, 2.75) is 25.7 Å². The number of alkyl halides is 6. The van der Waals surface area contributed by atoms with Crippen LogP contribution in [0.25, 0.3) is 0 Å². The molecule has 1 amide bonds. The summed E-state index contributed by atoms with van der Waals surface area (Å²) in [6, 6.07) is 2.41. The van der Waals surface area contributed by atoms with Crippen molar-refractivity contribution >= 4 is 11.6 Å². The molecule has 20 heavy (non-hydrogen) atoms. The third-order valence-corrected chi connectivity index (χ3v) is 2.81.